The lowest BCUT2D eigenvalue weighted by Crippen LogP contribution is -2.36. The van der Waals surface area contributed by atoms with Gasteiger partial charge in [0, 0.05) is 11.3 Å². The van der Waals surface area contributed by atoms with E-state index in [1.54, 1.807) is 19.1 Å². The normalized spacial score (nSPS) is 14.5. The molecule has 5 rings (SSSR count). The standard InChI is InChI=1S/C33H33F3N4O5S/c1-19-15-24(33(34,35)36)16-26-28(19)46-31(38-26)39-32(45)40(25-13-11-22(12-14-25)21-5-3-2-4-6-21)18-20-7-9-23(10-8-20)29(42)37-17-27(41)30(43)44/h7-16,21,27,41H,2-6,17-18H2,1H3,(H,37,42)(H,43,44)(H,38,39,45)/t27-/m1/s1. The molecule has 1 heterocycles. The van der Waals surface area contributed by atoms with Crippen LogP contribution in [0.2, 0.25) is 0 Å². The Hall–Kier alpha value is -4.49. The Morgan fingerprint density at radius 3 is 2.33 bits per heavy atom. The molecule has 0 saturated heterocycles. The van der Waals surface area contributed by atoms with E-state index in [1.807, 2.05) is 24.3 Å². The summed E-state index contributed by atoms with van der Waals surface area (Å²) in [7, 11) is 0. The molecule has 0 unspecified atom stereocenters. The van der Waals surface area contributed by atoms with Crippen LogP contribution in [0.5, 0.6) is 0 Å². The first-order valence-electron chi connectivity index (χ1n) is 14.8. The molecular weight excluding hydrogens is 621 g/mol. The first kappa shape index (κ1) is 32.9. The number of fused-ring (bicyclic) bond motifs is 1. The monoisotopic (exact) mass is 654 g/mol. The van der Waals surface area contributed by atoms with Crippen molar-refractivity contribution in [2.45, 2.75) is 63.8 Å². The molecule has 1 aliphatic carbocycles. The van der Waals surface area contributed by atoms with Gasteiger partial charge in [-0.2, -0.15) is 13.2 Å². The Morgan fingerprint density at radius 1 is 1.02 bits per heavy atom. The fraction of sp³-hybridized carbons (Fsp3) is 0.333. The molecule has 3 aromatic carbocycles. The molecule has 1 fully saturated rings. The number of halogens is 3. The zero-order valence-corrected chi connectivity index (χ0v) is 25.8. The minimum atomic E-state index is -4.53. The number of aliphatic carboxylic acids is 1. The number of hydrogen-bond donors (Lipinski definition) is 4. The fourth-order valence-corrected chi connectivity index (χ4v) is 6.45. The van der Waals surface area contributed by atoms with Gasteiger partial charge in [-0.1, -0.05) is 54.9 Å². The lowest BCUT2D eigenvalue weighted by atomic mass is 9.84. The van der Waals surface area contributed by atoms with Gasteiger partial charge >= 0.3 is 18.2 Å². The molecule has 13 heteroatoms. The fourth-order valence-electron chi connectivity index (χ4n) is 5.54. The Balaban J connectivity index is 1.38. The number of hydrogen-bond acceptors (Lipinski definition) is 6. The van der Waals surface area contributed by atoms with Crippen molar-refractivity contribution in [3.63, 3.8) is 0 Å². The summed E-state index contributed by atoms with van der Waals surface area (Å²) in [5.41, 5.74) is 2.43. The summed E-state index contributed by atoms with van der Waals surface area (Å²) in [5, 5.41) is 23.5. The molecular formula is C33H33F3N4O5S. The zero-order chi connectivity index (χ0) is 33.0. The highest BCUT2D eigenvalue weighted by molar-refractivity contribution is 7.22. The number of rotatable bonds is 9. The van der Waals surface area contributed by atoms with E-state index in [9.17, 15) is 32.7 Å². The van der Waals surface area contributed by atoms with Crippen molar-refractivity contribution in [2.75, 3.05) is 16.8 Å². The minimum Gasteiger partial charge on any atom is -0.479 e. The maximum absolute atomic E-state index is 13.7. The summed E-state index contributed by atoms with van der Waals surface area (Å²) in [5.74, 6) is -1.56. The van der Waals surface area contributed by atoms with Crippen LogP contribution in [0.3, 0.4) is 0 Å². The first-order valence-corrected chi connectivity index (χ1v) is 15.7. The lowest BCUT2D eigenvalue weighted by molar-refractivity contribution is -0.146. The summed E-state index contributed by atoms with van der Waals surface area (Å²) in [6.07, 6.45) is -0.426. The number of aliphatic hydroxyl groups excluding tert-OH is 1. The van der Waals surface area contributed by atoms with Crippen LogP contribution in [-0.2, 0) is 17.5 Å². The van der Waals surface area contributed by atoms with Crippen LogP contribution in [0.15, 0.2) is 60.7 Å². The van der Waals surface area contributed by atoms with Crippen LogP contribution in [0.4, 0.5) is 28.8 Å². The number of aryl methyl sites for hydroxylation is 1. The molecule has 4 aromatic rings. The van der Waals surface area contributed by atoms with E-state index >= 15 is 0 Å². The zero-order valence-electron chi connectivity index (χ0n) is 24.9. The largest absolute Gasteiger partial charge is 0.479 e. The van der Waals surface area contributed by atoms with E-state index in [0.29, 0.717) is 27.4 Å². The molecule has 1 aromatic heterocycles. The van der Waals surface area contributed by atoms with Gasteiger partial charge in [-0.3, -0.25) is 15.0 Å². The van der Waals surface area contributed by atoms with Crippen LogP contribution < -0.4 is 15.5 Å². The second-order valence-electron chi connectivity index (χ2n) is 11.4. The smallest absolute Gasteiger partial charge is 0.416 e. The van der Waals surface area contributed by atoms with Crippen molar-refractivity contribution in [1.29, 1.82) is 0 Å². The van der Waals surface area contributed by atoms with Gasteiger partial charge in [-0.05, 0) is 78.8 Å². The van der Waals surface area contributed by atoms with Gasteiger partial charge in [0.25, 0.3) is 5.91 Å². The molecule has 0 aliphatic heterocycles. The second kappa shape index (κ2) is 13.9. The number of nitrogens with one attached hydrogen (secondary N) is 2. The molecule has 3 amide bonds. The number of aromatic nitrogens is 1. The lowest BCUT2D eigenvalue weighted by Gasteiger charge is -2.25. The van der Waals surface area contributed by atoms with E-state index in [1.165, 1.54) is 41.9 Å². The quantitative estimate of drug-likeness (QED) is 0.153. The number of nitrogens with zero attached hydrogens (tertiary/aromatic N) is 2. The molecule has 1 aliphatic rings. The molecule has 242 valence electrons. The highest BCUT2D eigenvalue weighted by Gasteiger charge is 2.32. The number of thiazole rings is 1. The van der Waals surface area contributed by atoms with Crippen molar-refractivity contribution < 1.29 is 37.8 Å². The number of carboxylic acids is 1. The number of amides is 3. The average molecular weight is 655 g/mol. The van der Waals surface area contributed by atoms with Gasteiger partial charge in [0.2, 0.25) is 0 Å². The highest BCUT2D eigenvalue weighted by atomic mass is 32.1. The van der Waals surface area contributed by atoms with E-state index in [4.69, 9.17) is 5.11 Å². The maximum Gasteiger partial charge on any atom is 0.416 e. The summed E-state index contributed by atoms with van der Waals surface area (Å²) >= 11 is 1.09. The second-order valence-corrected chi connectivity index (χ2v) is 12.4. The van der Waals surface area contributed by atoms with Crippen LogP contribution >= 0.6 is 11.3 Å². The topological polar surface area (TPSA) is 132 Å². The summed E-state index contributed by atoms with van der Waals surface area (Å²) in [4.78, 5) is 42.7. The first-order chi connectivity index (χ1) is 21.9. The molecule has 0 bridgehead atoms. The predicted octanol–water partition coefficient (Wildman–Crippen LogP) is 7.09. The van der Waals surface area contributed by atoms with Crippen molar-refractivity contribution in [3.05, 3.63) is 88.5 Å². The summed E-state index contributed by atoms with van der Waals surface area (Å²) in [6, 6.07) is 15.6. The molecule has 0 radical (unpaired) electrons. The van der Waals surface area contributed by atoms with Gasteiger partial charge in [-0.15, -0.1) is 0 Å². The van der Waals surface area contributed by atoms with Crippen molar-refractivity contribution >= 4 is 50.3 Å². The number of anilines is 2. The van der Waals surface area contributed by atoms with Crippen molar-refractivity contribution in [2.24, 2.45) is 0 Å². The number of carbonyl (C=O) groups is 3. The van der Waals surface area contributed by atoms with E-state index in [-0.39, 0.29) is 22.8 Å². The van der Waals surface area contributed by atoms with E-state index < -0.39 is 42.3 Å². The SMILES string of the molecule is Cc1cc(C(F)(F)F)cc2nc(NC(=O)N(Cc3ccc(C(=O)NC[C@@H](O)C(=O)O)cc3)c3ccc(C4CCCCC4)cc3)sc12. The summed E-state index contributed by atoms with van der Waals surface area (Å²) in [6.45, 7) is 1.21. The Bertz CT molecular complexity index is 1720. The van der Waals surface area contributed by atoms with E-state index in [2.05, 4.69) is 15.6 Å². The number of aliphatic hydroxyl groups is 1. The Kier molecular flexibility index (Phi) is 9.92. The van der Waals surface area contributed by atoms with Crippen molar-refractivity contribution in [1.82, 2.24) is 10.3 Å². The third-order valence-electron chi connectivity index (χ3n) is 8.04. The number of urea groups is 1. The van der Waals surface area contributed by atoms with Gasteiger partial charge in [0.05, 0.1) is 28.9 Å². The third kappa shape index (κ3) is 7.83. The molecule has 1 atom stereocenters. The predicted molar refractivity (Wildman–Crippen MR) is 169 cm³/mol. The average Bonchev–Trinajstić information content (AvgIpc) is 3.45. The minimum absolute atomic E-state index is 0.0936. The highest BCUT2D eigenvalue weighted by Crippen LogP contribution is 2.37. The van der Waals surface area contributed by atoms with Gasteiger partial charge in [0.15, 0.2) is 11.2 Å². The van der Waals surface area contributed by atoms with Gasteiger partial charge < -0.3 is 15.5 Å². The van der Waals surface area contributed by atoms with Crippen molar-refractivity contribution in [3.8, 4) is 0 Å². The van der Waals surface area contributed by atoms with Crippen LogP contribution in [0.25, 0.3) is 10.2 Å². The molecule has 9 nitrogen and oxygen atoms in total. The Morgan fingerprint density at radius 2 is 1.70 bits per heavy atom. The molecule has 1 saturated carbocycles. The number of carboxylic acid groups (broad SMARTS) is 1. The molecule has 0 spiro atoms. The van der Waals surface area contributed by atoms with Crippen LogP contribution in [0.1, 0.15) is 70.6 Å². The number of carbonyl (C=O) groups excluding carboxylic acids is 2. The van der Waals surface area contributed by atoms with E-state index in [0.717, 1.165) is 36.3 Å². The maximum atomic E-state index is 13.7. The van der Waals surface area contributed by atoms with Gasteiger partial charge in [0.1, 0.15) is 0 Å². The van der Waals surface area contributed by atoms with Crippen LogP contribution in [0, 0.1) is 6.92 Å². The third-order valence-corrected chi connectivity index (χ3v) is 9.16. The summed E-state index contributed by atoms with van der Waals surface area (Å²) < 4.78 is 40.7. The van der Waals surface area contributed by atoms with Crippen LogP contribution in [-0.4, -0.2) is 45.8 Å². The Labute approximate surface area is 267 Å². The van der Waals surface area contributed by atoms with Gasteiger partial charge in [-0.25, -0.2) is 14.6 Å². The molecule has 46 heavy (non-hydrogen) atoms. The number of benzene rings is 3. The number of alkyl halides is 3. The molecule has 4 N–H and O–H groups in total.